The molecule has 7 heteroatoms. The lowest BCUT2D eigenvalue weighted by atomic mass is 9.84. The number of aromatic nitrogens is 1. The first-order chi connectivity index (χ1) is 16.1. The Bertz CT molecular complexity index is 1070. The average molecular weight is 467 g/mol. The van der Waals surface area contributed by atoms with Crippen molar-refractivity contribution in [1.29, 1.82) is 0 Å². The van der Waals surface area contributed by atoms with Gasteiger partial charge in [0.15, 0.2) is 0 Å². The van der Waals surface area contributed by atoms with Crippen LogP contribution in [0.4, 0.5) is 0 Å². The van der Waals surface area contributed by atoms with Crippen LogP contribution in [-0.4, -0.2) is 52.5 Å². The van der Waals surface area contributed by atoms with Gasteiger partial charge in [-0.25, -0.2) is 0 Å². The molecule has 7 nitrogen and oxygen atoms in total. The van der Waals surface area contributed by atoms with Gasteiger partial charge in [-0.05, 0) is 62.1 Å². The molecular formula is C27H34N2O5. The van der Waals surface area contributed by atoms with Gasteiger partial charge in [-0.3, -0.25) is 14.6 Å². The fourth-order valence-electron chi connectivity index (χ4n) is 4.09. The van der Waals surface area contributed by atoms with Crippen molar-refractivity contribution >= 4 is 17.4 Å². The molecule has 1 aromatic heterocycles. The summed E-state index contributed by atoms with van der Waals surface area (Å²) in [6.07, 6.45) is 3.21. The maximum Gasteiger partial charge on any atom is 0.295 e. The number of aliphatic hydroxyl groups is 1. The van der Waals surface area contributed by atoms with Crippen LogP contribution in [0.3, 0.4) is 0 Å². The van der Waals surface area contributed by atoms with Gasteiger partial charge in [-0.15, -0.1) is 0 Å². The summed E-state index contributed by atoms with van der Waals surface area (Å²) in [5, 5.41) is 11.4. The van der Waals surface area contributed by atoms with Gasteiger partial charge in [0, 0.05) is 30.1 Å². The van der Waals surface area contributed by atoms with Gasteiger partial charge < -0.3 is 19.5 Å². The number of nitrogens with zero attached hydrogens (tertiary/aromatic N) is 2. The quantitative estimate of drug-likeness (QED) is 0.347. The van der Waals surface area contributed by atoms with Crippen LogP contribution >= 0.6 is 0 Å². The average Bonchev–Trinajstić information content (AvgIpc) is 3.04. The Morgan fingerprint density at radius 3 is 2.41 bits per heavy atom. The maximum atomic E-state index is 13.2. The van der Waals surface area contributed by atoms with Gasteiger partial charge in [0.05, 0.1) is 30.9 Å². The summed E-state index contributed by atoms with van der Waals surface area (Å²) in [6.45, 7) is 12.9. The van der Waals surface area contributed by atoms with E-state index in [1.807, 2.05) is 26.8 Å². The van der Waals surface area contributed by atoms with Gasteiger partial charge in [-0.1, -0.05) is 20.8 Å². The van der Waals surface area contributed by atoms with Crippen molar-refractivity contribution in [2.24, 2.45) is 0 Å². The van der Waals surface area contributed by atoms with E-state index in [1.165, 1.54) is 4.90 Å². The van der Waals surface area contributed by atoms with Crippen molar-refractivity contribution in [2.75, 3.05) is 19.8 Å². The Kier molecular flexibility index (Phi) is 7.77. The van der Waals surface area contributed by atoms with E-state index in [4.69, 9.17) is 9.47 Å². The molecule has 0 saturated carbocycles. The standard InChI is InChI=1S/C27H34N2O5/c1-7-33-21-9-8-19(16-20(21)27(4,5)6)24(30)22-23(18-10-12-28-13-11-18)29(26(32)25(22)31)14-15-34-17(2)3/h8-13,16-17,23,30H,7,14-15H2,1-6H3/b24-22-. The first-order valence-electron chi connectivity index (χ1n) is 11.6. The molecule has 1 atom stereocenters. The second-order valence-corrected chi connectivity index (χ2v) is 9.59. The van der Waals surface area contributed by atoms with E-state index in [0.717, 1.165) is 11.3 Å². The number of ketones is 1. The number of Topliss-reactive ketones (excluding diaryl/α,β-unsaturated/α-hetero) is 1. The van der Waals surface area contributed by atoms with Crippen LogP contribution in [-0.2, 0) is 19.7 Å². The summed E-state index contributed by atoms with van der Waals surface area (Å²) in [4.78, 5) is 31.7. The summed E-state index contributed by atoms with van der Waals surface area (Å²) in [5.41, 5.74) is 1.86. The Balaban J connectivity index is 2.13. The van der Waals surface area contributed by atoms with E-state index in [9.17, 15) is 14.7 Å². The van der Waals surface area contributed by atoms with Crippen LogP contribution in [0.15, 0.2) is 48.3 Å². The molecule has 3 rings (SSSR count). The molecule has 1 amide bonds. The van der Waals surface area contributed by atoms with Crippen LogP contribution in [0, 0.1) is 0 Å². The predicted molar refractivity (Wildman–Crippen MR) is 131 cm³/mol. The molecule has 0 spiro atoms. The highest BCUT2D eigenvalue weighted by Gasteiger charge is 2.46. The zero-order valence-electron chi connectivity index (χ0n) is 20.8. The normalized spacial score (nSPS) is 18.1. The SMILES string of the molecule is CCOc1ccc(/C(O)=C2/C(=O)C(=O)N(CCOC(C)C)C2c2ccncc2)cc1C(C)(C)C. The molecule has 1 aromatic carbocycles. The number of rotatable bonds is 8. The number of hydrogen-bond acceptors (Lipinski definition) is 6. The van der Waals surface area contributed by atoms with Crippen molar-refractivity contribution in [3.05, 3.63) is 65.0 Å². The zero-order valence-corrected chi connectivity index (χ0v) is 20.8. The molecule has 1 unspecified atom stereocenters. The minimum Gasteiger partial charge on any atom is -0.507 e. The predicted octanol–water partition coefficient (Wildman–Crippen LogP) is 4.62. The van der Waals surface area contributed by atoms with E-state index in [0.29, 0.717) is 17.7 Å². The molecule has 1 aliphatic rings. The van der Waals surface area contributed by atoms with E-state index in [-0.39, 0.29) is 36.0 Å². The van der Waals surface area contributed by atoms with Crippen LogP contribution in [0.2, 0.25) is 0 Å². The molecular weight excluding hydrogens is 432 g/mol. The Hall–Kier alpha value is -3.19. The number of hydrogen-bond donors (Lipinski definition) is 1. The van der Waals surface area contributed by atoms with Crippen molar-refractivity contribution in [3.8, 4) is 5.75 Å². The Morgan fingerprint density at radius 2 is 1.82 bits per heavy atom. The van der Waals surface area contributed by atoms with Gasteiger partial charge >= 0.3 is 0 Å². The zero-order chi connectivity index (χ0) is 25.0. The minimum atomic E-state index is -0.733. The summed E-state index contributed by atoms with van der Waals surface area (Å²) in [6, 6.07) is 8.11. The van der Waals surface area contributed by atoms with Crippen LogP contribution in [0.1, 0.15) is 64.3 Å². The topological polar surface area (TPSA) is 89.0 Å². The number of amides is 1. The highest BCUT2D eigenvalue weighted by Crippen LogP contribution is 2.40. The Morgan fingerprint density at radius 1 is 1.15 bits per heavy atom. The van der Waals surface area contributed by atoms with Crippen LogP contribution in [0.25, 0.3) is 5.76 Å². The third-order valence-corrected chi connectivity index (χ3v) is 5.71. The highest BCUT2D eigenvalue weighted by atomic mass is 16.5. The molecule has 0 bridgehead atoms. The molecule has 182 valence electrons. The largest absolute Gasteiger partial charge is 0.507 e. The van der Waals surface area contributed by atoms with Crippen molar-refractivity contribution in [2.45, 2.75) is 59.1 Å². The lowest BCUT2D eigenvalue weighted by Crippen LogP contribution is -2.33. The second-order valence-electron chi connectivity index (χ2n) is 9.59. The number of aliphatic hydroxyl groups excluding tert-OH is 1. The molecule has 1 fully saturated rings. The number of carbonyl (C=O) groups is 2. The third-order valence-electron chi connectivity index (χ3n) is 5.71. The van der Waals surface area contributed by atoms with Crippen LogP contribution < -0.4 is 4.74 Å². The molecule has 2 heterocycles. The number of likely N-dealkylation sites (tertiary alicyclic amines) is 1. The first-order valence-corrected chi connectivity index (χ1v) is 11.6. The fraction of sp³-hybridized carbons (Fsp3) is 0.444. The third kappa shape index (κ3) is 5.30. The number of ether oxygens (including phenoxy) is 2. The summed E-state index contributed by atoms with van der Waals surface area (Å²) in [7, 11) is 0. The van der Waals surface area contributed by atoms with Gasteiger partial charge in [0.1, 0.15) is 11.5 Å². The number of carbonyl (C=O) groups excluding carboxylic acids is 2. The molecule has 1 saturated heterocycles. The molecule has 34 heavy (non-hydrogen) atoms. The summed E-state index contributed by atoms with van der Waals surface area (Å²) >= 11 is 0. The van der Waals surface area contributed by atoms with Crippen molar-refractivity contribution in [3.63, 3.8) is 0 Å². The smallest absolute Gasteiger partial charge is 0.295 e. The monoisotopic (exact) mass is 466 g/mol. The molecule has 1 aliphatic heterocycles. The van der Waals surface area contributed by atoms with E-state index < -0.39 is 17.7 Å². The molecule has 0 radical (unpaired) electrons. The summed E-state index contributed by atoms with van der Waals surface area (Å²) in [5.74, 6) is -0.850. The minimum absolute atomic E-state index is 0.00382. The van der Waals surface area contributed by atoms with Crippen molar-refractivity contribution < 1.29 is 24.2 Å². The van der Waals surface area contributed by atoms with Gasteiger partial charge in [0.25, 0.3) is 11.7 Å². The fourth-order valence-corrected chi connectivity index (χ4v) is 4.09. The van der Waals surface area contributed by atoms with Gasteiger partial charge in [-0.2, -0.15) is 0 Å². The lowest BCUT2D eigenvalue weighted by Gasteiger charge is -2.26. The van der Waals surface area contributed by atoms with E-state index >= 15 is 0 Å². The first kappa shape index (κ1) is 25.4. The highest BCUT2D eigenvalue weighted by molar-refractivity contribution is 6.46. The lowest BCUT2D eigenvalue weighted by molar-refractivity contribution is -0.140. The number of benzene rings is 1. The maximum absolute atomic E-state index is 13.2. The Labute approximate surface area is 201 Å². The molecule has 1 N–H and O–H groups in total. The van der Waals surface area contributed by atoms with E-state index in [1.54, 1.807) is 36.7 Å². The van der Waals surface area contributed by atoms with Crippen LogP contribution in [0.5, 0.6) is 5.75 Å². The van der Waals surface area contributed by atoms with Gasteiger partial charge in [0.2, 0.25) is 0 Å². The summed E-state index contributed by atoms with van der Waals surface area (Å²) < 4.78 is 11.4. The van der Waals surface area contributed by atoms with Crippen molar-refractivity contribution in [1.82, 2.24) is 9.88 Å². The van der Waals surface area contributed by atoms with E-state index in [2.05, 4.69) is 25.8 Å². The molecule has 2 aromatic rings. The second kappa shape index (κ2) is 10.4. The molecule has 0 aliphatic carbocycles. The number of pyridine rings is 1.